The van der Waals surface area contributed by atoms with Crippen molar-refractivity contribution in [2.45, 2.75) is 6.61 Å². The zero-order chi connectivity index (χ0) is 16.2. The molecule has 1 aromatic heterocycles. The Balaban J connectivity index is 1.65. The summed E-state index contributed by atoms with van der Waals surface area (Å²) >= 11 is 0. The van der Waals surface area contributed by atoms with Crippen LogP contribution in [0.2, 0.25) is 0 Å². The molecule has 0 atom stereocenters. The van der Waals surface area contributed by atoms with E-state index in [0.29, 0.717) is 5.56 Å². The second-order valence-corrected chi connectivity index (χ2v) is 4.61. The molecule has 7 heteroatoms. The molecular weight excluding hydrogens is 306 g/mol. The minimum Gasteiger partial charge on any atom is -0.452 e. The number of aromatic nitrogens is 2. The van der Waals surface area contributed by atoms with E-state index < -0.39 is 17.6 Å². The molecule has 3 rings (SSSR count). The lowest BCUT2D eigenvalue weighted by atomic mass is 10.2. The molecule has 23 heavy (non-hydrogen) atoms. The smallest absolute Gasteiger partial charge is 0.338 e. The molecule has 3 aromatic rings. The molecule has 0 amide bonds. The highest BCUT2D eigenvalue weighted by Gasteiger charge is 2.13. The van der Waals surface area contributed by atoms with Crippen molar-refractivity contribution in [2.75, 3.05) is 0 Å². The highest BCUT2D eigenvalue weighted by molar-refractivity contribution is 5.89. The third-order valence-corrected chi connectivity index (χ3v) is 2.96. The summed E-state index contributed by atoms with van der Waals surface area (Å²) in [6.45, 7) is -0.238. The van der Waals surface area contributed by atoms with Crippen molar-refractivity contribution < 1.29 is 22.8 Å². The van der Waals surface area contributed by atoms with Crippen LogP contribution in [0.1, 0.15) is 16.2 Å². The fourth-order valence-corrected chi connectivity index (χ4v) is 1.85. The first-order valence-corrected chi connectivity index (χ1v) is 6.63. The topological polar surface area (TPSA) is 65.2 Å². The first kappa shape index (κ1) is 14.8. The molecule has 0 radical (unpaired) electrons. The second kappa shape index (κ2) is 6.35. The number of carbonyl (C=O) groups excluding carboxylic acids is 1. The van der Waals surface area contributed by atoms with Gasteiger partial charge < -0.3 is 9.26 Å². The molecule has 0 bridgehead atoms. The predicted molar refractivity (Wildman–Crippen MR) is 75.2 cm³/mol. The molecule has 0 spiro atoms. The average Bonchev–Trinajstić information content (AvgIpc) is 3.02. The van der Waals surface area contributed by atoms with Gasteiger partial charge in [-0.05, 0) is 36.4 Å². The van der Waals surface area contributed by atoms with Crippen LogP contribution in [0.5, 0.6) is 0 Å². The maximum atomic E-state index is 13.1. The average molecular weight is 316 g/mol. The molecule has 0 N–H and O–H groups in total. The van der Waals surface area contributed by atoms with Crippen LogP contribution in [0.3, 0.4) is 0 Å². The Morgan fingerprint density at radius 2 is 1.87 bits per heavy atom. The molecule has 0 unspecified atom stereocenters. The molecule has 0 fully saturated rings. The summed E-state index contributed by atoms with van der Waals surface area (Å²) in [6, 6.07) is 10.6. The van der Waals surface area contributed by atoms with Crippen molar-refractivity contribution in [1.29, 1.82) is 0 Å². The first-order valence-electron chi connectivity index (χ1n) is 6.63. The van der Waals surface area contributed by atoms with Crippen LogP contribution >= 0.6 is 0 Å². The normalized spacial score (nSPS) is 10.5. The van der Waals surface area contributed by atoms with Gasteiger partial charge in [-0.2, -0.15) is 4.98 Å². The third-order valence-electron chi connectivity index (χ3n) is 2.96. The highest BCUT2D eigenvalue weighted by Crippen LogP contribution is 2.17. The number of ether oxygens (including phenoxy) is 1. The molecular formula is C16H10F2N2O3. The summed E-state index contributed by atoms with van der Waals surface area (Å²) in [5, 5.41) is 3.70. The van der Waals surface area contributed by atoms with Gasteiger partial charge in [-0.1, -0.05) is 17.3 Å². The van der Waals surface area contributed by atoms with Crippen LogP contribution in [-0.4, -0.2) is 16.1 Å². The summed E-state index contributed by atoms with van der Waals surface area (Å²) in [4.78, 5) is 15.8. The maximum absolute atomic E-state index is 13.1. The van der Waals surface area contributed by atoms with Crippen LogP contribution in [-0.2, 0) is 11.3 Å². The Hall–Kier alpha value is -3.09. The number of benzene rings is 2. The Morgan fingerprint density at radius 1 is 1.09 bits per heavy atom. The Labute approximate surface area is 129 Å². The number of nitrogens with zero attached hydrogens (tertiary/aromatic N) is 2. The maximum Gasteiger partial charge on any atom is 0.338 e. The highest BCUT2D eigenvalue weighted by atomic mass is 19.1. The summed E-state index contributed by atoms with van der Waals surface area (Å²) in [6.07, 6.45) is 0. The molecule has 0 aliphatic rings. The van der Waals surface area contributed by atoms with Gasteiger partial charge in [-0.25, -0.2) is 13.6 Å². The lowest BCUT2D eigenvalue weighted by molar-refractivity contribution is 0.0430. The lowest BCUT2D eigenvalue weighted by Gasteiger charge is -2.01. The molecule has 0 saturated carbocycles. The minimum absolute atomic E-state index is 0.0692. The Bertz CT molecular complexity index is 831. The van der Waals surface area contributed by atoms with Crippen LogP contribution in [0.4, 0.5) is 8.78 Å². The number of carbonyl (C=O) groups is 1. The first-order chi connectivity index (χ1) is 11.1. The van der Waals surface area contributed by atoms with E-state index in [1.165, 1.54) is 30.3 Å². The van der Waals surface area contributed by atoms with Crippen LogP contribution in [0, 0.1) is 11.6 Å². The summed E-state index contributed by atoms with van der Waals surface area (Å²) in [7, 11) is 0. The van der Waals surface area contributed by atoms with Gasteiger partial charge in [-0.3, -0.25) is 0 Å². The van der Waals surface area contributed by atoms with Gasteiger partial charge in [0, 0.05) is 5.56 Å². The van der Waals surface area contributed by atoms with Crippen molar-refractivity contribution >= 4 is 5.97 Å². The summed E-state index contributed by atoms with van der Waals surface area (Å²) in [5.41, 5.74) is 0.654. The summed E-state index contributed by atoms with van der Waals surface area (Å²) < 4.78 is 35.9. The number of rotatable bonds is 4. The van der Waals surface area contributed by atoms with Crippen molar-refractivity contribution in [3.63, 3.8) is 0 Å². The van der Waals surface area contributed by atoms with E-state index in [9.17, 15) is 13.6 Å². The van der Waals surface area contributed by atoms with Gasteiger partial charge in [0.05, 0.1) is 5.56 Å². The van der Waals surface area contributed by atoms with Gasteiger partial charge in [0.2, 0.25) is 5.82 Å². The van der Waals surface area contributed by atoms with E-state index >= 15 is 0 Å². The Morgan fingerprint density at radius 3 is 2.61 bits per heavy atom. The van der Waals surface area contributed by atoms with E-state index in [-0.39, 0.29) is 23.9 Å². The van der Waals surface area contributed by atoms with E-state index in [0.717, 1.165) is 12.1 Å². The Kier molecular flexibility index (Phi) is 4.09. The van der Waals surface area contributed by atoms with Gasteiger partial charge in [0.15, 0.2) is 6.61 Å². The van der Waals surface area contributed by atoms with Crippen LogP contribution < -0.4 is 0 Å². The van der Waals surface area contributed by atoms with E-state index in [1.807, 2.05) is 0 Å². The standard InChI is InChI=1S/C16H10F2N2O3/c17-12-6-4-10(5-7-12)16(21)22-9-14-19-15(20-23-14)11-2-1-3-13(18)8-11/h1-8H,9H2. The molecule has 0 aliphatic heterocycles. The zero-order valence-electron chi connectivity index (χ0n) is 11.7. The van der Waals surface area contributed by atoms with E-state index in [4.69, 9.17) is 9.26 Å². The number of halogens is 2. The SMILES string of the molecule is O=C(OCc1nc(-c2cccc(F)c2)no1)c1ccc(F)cc1. The predicted octanol–water partition coefficient (Wildman–Crippen LogP) is 3.37. The minimum atomic E-state index is -0.643. The molecule has 2 aromatic carbocycles. The largest absolute Gasteiger partial charge is 0.452 e. The lowest BCUT2D eigenvalue weighted by Crippen LogP contribution is -2.05. The molecule has 1 heterocycles. The van der Waals surface area contributed by atoms with Gasteiger partial charge >= 0.3 is 5.97 Å². The zero-order valence-corrected chi connectivity index (χ0v) is 11.7. The van der Waals surface area contributed by atoms with Crippen molar-refractivity contribution in [3.05, 3.63) is 71.6 Å². The molecule has 0 saturated heterocycles. The number of hydrogen-bond acceptors (Lipinski definition) is 5. The van der Waals surface area contributed by atoms with Crippen molar-refractivity contribution in [1.82, 2.24) is 10.1 Å². The van der Waals surface area contributed by atoms with Crippen LogP contribution in [0.15, 0.2) is 53.1 Å². The molecule has 0 aliphatic carbocycles. The monoisotopic (exact) mass is 316 g/mol. The fraction of sp³-hybridized carbons (Fsp3) is 0.0625. The quantitative estimate of drug-likeness (QED) is 0.690. The third kappa shape index (κ3) is 3.57. The van der Waals surface area contributed by atoms with Gasteiger partial charge in [-0.15, -0.1) is 0 Å². The van der Waals surface area contributed by atoms with Gasteiger partial charge in [0.1, 0.15) is 11.6 Å². The van der Waals surface area contributed by atoms with Crippen molar-refractivity contribution in [2.24, 2.45) is 0 Å². The summed E-state index contributed by atoms with van der Waals surface area (Å²) in [5.74, 6) is -1.25. The van der Waals surface area contributed by atoms with Gasteiger partial charge in [0.25, 0.3) is 5.89 Å². The number of hydrogen-bond donors (Lipinski definition) is 0. The van der Waals surface area contributed by atoms with E-state index in [1.54, 1.807) is 6.07 Å². The second-order valence-electron chi connectivity index (χ2n) is 4.61. The van der Waals surface area contributed by atoms with Crippen molar-refractivity contribution in [3.8, 4) is 11.4 Å². The molecule has 116 valence electrons. The fourth-order valence-electron chi connectivity index (χ4n) is 1.85. The van der Waals surface area contributed by atoms with Crippen LogP contribution in [0.25, 0.3) is 11.4 Å². The molecule has 5 nitrogen and oxygen atoms in total. The van der Waals surface area contributed by atoms with E-state index in [2.05, 4.69) is 10.1 Å². The number of esters is 1.